The fraction of sp³-hybridized carbons (Fsp3) is 0.500. The molecule has 0 saturated heterocycles. The van der Waals surface area contributed by atoms with Gasteiger partial charge < -0.3 is 17.2 Å². The van der Waals surface area contributed by atoms with Gasteiger partial charge in [0.05, 0.1) is 0 Å². The van der Waals surface area contributed by atoms with Crippen molar-refractivity contribution >= 4 is 0 Å². The first kappa shape index (κ1) is 15.7. The van der Waals surface area contributed by atoms with Crippen LogP contribution in [0.15, 0.2) is 12.3 Å². The van der Waals surface area contributed by atoms with Crippen molar-refractivity contribution in [1.29, 1.82) is 0 Å². The minimum absolute atomic E-state index is 0. The van der Waals surface area contributed by atoms with Crippen LogP contribution in [-0.2, 0) is 4.89 Å². The van der Waals surface area contributed by atoms with Crippen LogP contribution in [0, 0.1) is 0 Å². The van der Waals surface area contributed by atoms with Gasteiger partial charge in [-0.3, -0.25) is 0 Å². The van der Waals surface area contributed by atoms with E-state index in [1.807, 2.05) is 6.92 Å². The lowest BCUT2D eigenvalue weighted by molar-refractivity contribution is -0.186. The summed E-state index contributed by atoms with van der Waals surface area (Å²) >= 11 is 0. The molecule has 0 aromatic carbocycles. The first-order valence-electron chi connectivity index (χ1n) is 1.87. The second-order valence-electron chi connectivity index (χ2n) is 0.885. The van der Waals surface area contributed by atoms with Crippen LogP contribution < -0.4 is 12.3 Å². The van der Waals surface area contributed by atoms with E-state index in [1.165, 1.54) is 6.26 Å². The average molecular weight is 122 g/mol. The van der Waals surface area contributed by atoms with Crippen LogP contribution in [0.25, 0.3) is 0 Å². The number of allylic oxidation sites excluding steroid dienone is 1. The minimum atomic E-state index is 0. The zero-order chi connectivity index (χ0) is 4.83. The Morgan fingerprint density at radius 2 is 2.00 bits per heavy atom. The third kappa shape index (κ3) is 18.1. The normalized spacial score (nSPS) is 7.25. The summed E-state index contributed by atoms with van der Waals surface area (Å²) in [5, 5.41) is 7.61. The van der Waals surface area contributed by atoms with Gasteiger partial charge in [0.25, 0.3) is 0 Å². The van der Waals surface area contributed by atoms with E-state index in [4.69, 9.17) is 5.26 Å². The van der Waals surface area contributed by atoms with E-state index in [-0.39, 0.29) is 12.3 Å². The van der Waals surface area contributed by atoms with Gasteiger partial charge in [0.1, 0.15) is 6.26 Å². The Kier molecular flexibility index (Phi) is 31.6. The van der Waals surface area contributed by atoms with E-state index in [0.717, 1.165) is 6.42 Å². The molecule has 0 amide bonds. The number of rotatable bonds is 2. The highest BCUT2D eigenvalue weighted by Crippen LogP contribution is 1.76. The highest BCUT2D eigenvalue weighted by Gasteiger charge is 1.60. The Labute approximate surface area is 49.3 Å². The molecule has 0 heterocycles. The molecule has 7 N–H and O–H groups in total. The molecular formula is C4H14N2O2. The smallest absolute Gasteiger partial charge is 0.125 e. The zero-order valence-electron chi connectivity index (χ0n) is 5.13. The summed E-state index contributed by atoms with van der Waals surface area (Å²) in [6.07, 6.45) is 3.83. The van der Waals surface area contributed by atoms with Crippen LogP contribution in [0.2, 0.25) is 0 Å². The Morgan fingerprint density at radius 1 is 1.50 bits per heavy atom. The molecule has 0 aliphatic carbocycles. The third-order valence-electron chi connectivity index (χ3n) is 0.393. The monoisotopic (exact) mass is 122 g/mol. The second kappa shape index (κ2) is 16.1. The first-order valence-corrected chi connectivity index (χ1v) is 1.87. The molecule has 0 radical (unpaired) electrons. The van der Waals surface area contributed by atoms with Crippen LogP contribution in [-0.4, -0.2) is 5.26 Å². The third-order valence-corrected chi connectivity index (χ3v) is 0.393. The quantitative estimate of drug-likeness (QED) is 0.295. The predicted octanol–water partition coefficient (Wildman–Crippen LogP) is 1.72. The molecule has 0 unspecified atom stereocenters. The van der Waals surface area contributed by atoms with E-state index in [2.05, 4.69) is 4.89 Å². The van der Waals surface area contributed by atoms with Gasteiger partial charge >= 0.3 is 0 Å². The maximum absolute atomic E-state index is 7.61. The molecule has 0 aliphatic rings. The van der Waals surface area contributed by atoms with Crippen molar-refractivity contribution in [2.24, 2.45) is 0 Å². The summed E-state index contributed by atoms with van der Waals surface area (Å²) < 4.78 is 0. The van der Waals surface area contributed by atoms with Crippen molar-refractivity contribution in [3.05, 3.63) is 12.3 Å². The molecule has 8 heavy (non-hydrogen) atoms. The van der Waals surface area contributed by atoms with Crippen LogP contribution in [0.3, 0.4) is 0 Å². The lowest BCUT2D eigenvalue weighted by Gasteiger charge is -1.76. The predicted molar refractivity (Wildman–Crippen MR) is 33.2 cm³/mol. The average Bonchev–Trinajstić information content (AvgIpc) is 1.61. The summed E-state index contributed by atoms with van der Waals surface area (Å²) in [4.78, 5) is 3.60. The van der Waals surface area contributed by atoms with Crippen molar-refractivity contribution < 1.29 is 10.1 Å². The van der Waals surface area contributed by atoms with Crippen molar-refractivity contribution in [1.82, 2.24) is 12.3 Å². The fourth-order valence-electron chi connectivity index (χ4n) is 0.139. The summed E-state index contributed by atoms with van der Waals surface area (Å²) in [6, 6.07) is 0. The molecule has 0 aromatic rings. The van der Waals surface area contributed by atoms with Crippen molar-refractivity contribution in [2.45, 2.75) is 13.3 Å². The van der Waals surface area contributed by atoms with Gasteiger partial charge in [-0.05, 0) is 12.5 Å². The Bertz CT molecular complexity index is 41.3. The molecule has 0 rings (SSSR count). The molecule has 4 heteroatoms. The molecule has 0 atom stereocenters. The van der Waals surface area contributed by atoms with Crippen molar-refractivity contribution in [3.63, 3.8) is 0 Å². The molecule has 4 nitrogen and oxygen atoms in total. The molecular weight excluding hydrogens is 108 g/mol. The van der Waals surface area contributed by atoms with Crippen LogP contribution in [0.4, 0.5) is 0 Å². The first-order chi connectivity index (χ1) is 2.91. The maximum Gasteiger partial charge on any atom is 0.125 e. The molecule has 0 bridgehead atoms. The van der Waals surface area contributed by atoms with Gasteiger partial charge in [-0.25, -0.2) is 5.26 Å². The summed E-state index contributed by atoms with van der Waals surface area (Å²) in [5.74, 6) is 0. The maximum atomic E-state index is 7.61. The molecule has 0 saturated carbocycles. The van der Waals surface area contributed by atoms with Gasteiger partial charge in [-0.2, -0.15) is 0 Å². The Morgan fingerprint density at radius 3 is 2.12 bits per heavy atom. The summed E-state index contributed by atoms with van der Waals surface area (Å²) in [5.41, 5.74) is 0. The largest absolute Gasteiger partial charge is 0.349 e. The summed E-state index contributed by atoms with van der Waals surface area (Å²) in [7, 11) is 0. The van der Waals surface area contributed by atoms with E-state index < -0.39 is 0 Å². The Balaban J connectivity index is -0.000000125. The fourth-order valence-corrected chi connectivity index (χ4v) is 0.139. The van der Waals surface area contributed by atoms with Crippen LogP contribution in [0.1, 0.15) is 13.3 Å². The molecule has 0 aromatic heterocycles. The highest BCUT2D eigenvalue weighted by atomic mass is 17.1. The minimum Gasteiger partial charge on any atom is -0.349 e. The summed E-state index contributed by atoms with van der Waals surface area (Å²) in [6.45, 7) is 1.95. The molecule has 0 aliphatic heterocycles. The zero-order valence-corrected chi connectivity index (χ0v) is 5.13. The van der Waals surface area contributed by atoms with Gasteiger partial charge in [-0.15, -0.1) is 0 Å². The second-order valence-corrected chi connectivity index (χ2v) is 0.885. The van der Waals surface area contributed by atoms with E-state index in [9.17, 15) is 0 Å². The van der Waals surface area contributed by atoms with Gasteiger partial charge in [0.15, 0.2) is 0 Å². The number of hydrogen-bond acceptors (Lipinski definition) is 4. The van der Waals surface area contributed by atoms with Gasteiger partial charge in [-0.1, -0.05) is 6.92 Å². The lowest BCUT2D eigenvalue weighted by Crippen LogP contribution is -1.62. The van der Waals surface area contributed by atoms with Crippen molar-refractivity contribution in [2.75, 3.05) is 0 Å². The lowest BCUT2D eigenvalue weighted by atomic mass is 10.5. The number of hydrogen-bond donors (Lipinski definition) is 3. The molecule has 0 spiro atoms. The van der Waals surface area contributed by atoms with Gasteiger partial charge in [0, 0.05) is 0 Å². The highest BCUT2D eigenvalue weighted by molar-refractivity contribution is 4.68. The van der Waals surface area contributed by atoms with E-state index in [1.54, 1.807) is 6.08 Å². The molecule has 52 valence electrons. The van der Waals surface area contributed by atoms with Crippen LogP contribution >= 0.6 is 0 Å². The van der Waals surface area contributed by atoms with Crippen molar-refractivity contribution in [3.8, 4) is 0 Å². The molecule has 0 fully saturated rings. The SMILES string of the molecule is CC/C=C\OO.N.N. The van der Waals surface area contributed by atoms with Crippen LogP contribution in [0.5, 0.6) is 0 Å². The standard InChI is InChI=1S/C4H8O2.2H3N/c1-2-3-4-6-5;;/h3-5H,2H2,1H3;2*1H3/b4-3-;;. The van der Waals surface area contributed by atoms with E-state index in [0.29, 0.717) is 0 Å². The topological polar surface area (TPSA) is 99.5 Å². The van der Waals surface area contributed by atoms with E-state index >= 15 is 0 Å². The van der Waals surface area contributed by atoms with Gasteiger partial charge in [0.2, 0.25) is 0 Å². The Hall–Kier alpha value is -0.580.